The van der Waals surface area contributed by atoms with Gasteiger partial charge in [0.15, 0.2) is 0 Å². The van der Waals surface area contributed by atoms with Gasteiger partial charge in [0.25, 0.3) is 5.91 Å². The molecule has 2 aromatic carbocycles. The van der Waals surface area contributed by atoms with Crippen molar-refractivity contribution in [1.82, 2.24) is 4.90 Å². The van der Waals surface area contributed by atoms with E-state index in [2.05, 4.69) is 0 Å². The van der Waals surface area contributed by atoms with E-state index in [0.717, 1.165) is 23.8 Å². The van der Waals surface area contributed by atoms with E-state index in [0.29, 0.717) is 13.2 Å². The van der Waals surface area contributed by atoms with E-state index >= 15 is 0 Å². The topological polar surface area (TPSA) is 89.7 Å². The van der Waals surface area contributed by atoms with Crippen LogP contribution >= 0.6 is 0 Å². The van der Waals surface area contributed by atoms with Crippen LogP contribution in [0.4, 0.5) is 4.39 Å². The van der Waals surface area contributed by atoms with E-state index in [1.165, 1.54) is 4.90 Å². The molecule has 1 aliphatic rings. The van der Waals surface area contributed by atoms with Crippen LogP contribution in [-0.2, 0) is 14.8 Å². The largest absolute Gasteiger partial charge is 0.370 e. The highest BCUT2D eigenvalue weighted by Gasteiger charge is 2.28. The second-order valence-corrected chi connectivity index (χ2v) is 7.27. The first-order valence-electron chi connectivity index (χ1n) is 7.64. The SMILES string of the molecule is NS(=O)(=O)c1ccc(F)c(C(=O)N2CCOC(c3ccccc3)C2)c1. The van der Waals surface area contributed by atoms with E-state index in [-0.39, 0.29) is 23.1 Å². The van der Waals surface area contributed by atoms with Gasteiger partial charge in [0, 0.05) is 6.54 Å². The lowest BCUT2D eigenvalue weighted by Gasteiger charge is -2.33. The Balaban J connectivity index is 1.86. The number of amides is 1. The summed E-state index contributed by atoms with van der Waals surface area (Å²) in [5.41, 5.74) is 0.596. The molecule has 1 aliphatic heterocycles. The number of sulfonamides is 1. The van der Waals surface area contributed by atoms with Gasteiger partial charge < -0.3 is 9.64 Å². The average Bonchev–Trinajstić information content (AvgIpc) is 2.61. The number of hydrogen-bond acceptors (Lipinski definition) is 4. The third-order valence-electron chi connectivity index (χ3n) is 4.02. The molecule has 1 fully saturated rings. The van der Waals surface area contributed by atoms with Crippen molar-refractivity contribution in [3.8, 4) is 0 Å². The fourth-order valence-electron chi connectivity index (χ4n) is 2.72. The van der Waals surface area contributed by atoms with Crippen LogP contribution in [0.2, 0.25) is 0 Å². The van der Waals surface area contributed by atoms with E-state index in [4.69, 9.17) is 9.88 Å². The Morgan fingerprint density at radius 2 is 1.92 bits per heavy atom. The standard InChI is InChI=1S/C17H17FN2O4S/c18-15-7-6-13(25(19,22)23)10-14(15)17(21)20-8-9-24-16(11-20)12-4-2-1-3-5-12/h1-7,10,16H,8-9,11H2,(H2,19,22,23). The monoisotopic (exact) mass is 364 g/mol. The van der Waals surface area contributed by atoms with Crippen LogP contribution in [0.3, 0.4) is 0 Å². The molecule has 1 unspecified atom stereocenters. The number of primary sulfonamides is 1. The van der Waals surface area contributed by atoms with Crippen molar-refractivity contribution in [2.45, 2.75) is 11.0 Å². The number of nitrogens with zero attached hydrogens (tertiary/aromatic N) is 1. The molecule has 0 radical (unpaired) electrons. The van der Waals surface area contributed by atoms with Gasteiger partial charge in [-0.2, -0.15) is 0 Å². The lowest BCUT2D eigenvalue weighted by Crippen LogP contribution is -2.42. The molecule has 1 saturated heterocycles. The minimum Gasteiger partial charge on any atom is -0.370 e. The molecule has 3 rings (SSSR count). The highest BCUT2D eigenvalue weighted by molar-refractivity contribution is 7.89. The molecular weight excluding hydrogens is 347 g/mol. The van der Waals surface area contributed by atoms with Crippen LogP contribution in [0.15, 0.2) is 53.4 Å². The molecule has 25 heavy (non-hydrogen) atoms. The normalized spacial score (nSPS) is 18.2. The molecule has 1 amide bonds. The number of carbonyl (C=O) groups excluding carboxylic acids is 1. The van der Waals surface area contributed by atoms with Crippen LogP contribution in [0.5, 0.6) is 0 Å². The lowest BCUT2D eigenvalue weighted by molar-refractivity contribution is -0.0229. The summed E-state index contributed by atoms with van der Waals surface area (Å²) >= 11 is 0. The summed E-state index contributed by atoms with van der Waals surface area (Å²) in [7, 11) is -4.02. The number of ether oxygens (including phenoxy) is 1. The van der Waals surface area contributed by atoms with Crippen LogP contribution in [0.1, 0.15) is 22.0 Å². The molecule has 0 saturated carbocycles. The van der Waals surface area contributed by atoms with Gasteiger partial charge >= 0.3 is 0 Å². The summed E-state index contributed by atoms with van der Waals surface area (Å²) in [6.07, 6.45) is -0.316. The van der Waals surface area contributed by atoms with Crippen molar-refractivity contribution >= 4 is 15.9 Å². The van der Waals surface area contributed by atoms with Gasteiger partial charge in [-0.3, -0.25) is 4.79 Å². The second kappa shape index (κ2) is 6.91. The van der Waals surface area contributed by atoms with Crippen LogP contribution < -0.4 is 5.14 Å². The van der Waals surface area contributed by atoms with Gasteiger partial charge in [0.2, 0.25) is 10.0 Å². The maximum Gasteiger partial charge on any atom is 0.257 e. The average molecular weight is 364 g/mol. The fraction of sp³-hybridized carbons (Fsp3) is 0.235. The summed E-state index contributed by atoms with van der Waals surface area (Å²) < 4.78 is 42.6. The summed E-state index contributed by atoms with van der Waals surface area (Å²) in [5, 5.41) is 5.06. The zero-order valence-corrected chi connectivity index (χ0v) is 14.1. The predicted octanol–water partition coefficient (Wildman–Crippen LogP) is 1.69. The Morgan fingerprint density at radius 1 is 1.20 bits per heavy atom. The Kier molecular flexibility index (Phi) is 4.85. The molecule has 0 aromatic heterocycles. The number of hydrogen-bond donors (Lipinski definition) is 1. The quantitative estimate of drug-likeness (QED) is 0.897. The highest BCUT2D eigenvalue weighted by Crippen LogP contribution is 2.24. The van der Waals surface area contributed by atoms with Gasteiger partial charge in [0.1, 0.15) is 11.9 Å². The lowest BCUT2D eigenvalue weighted by atomic mass is 10.1. The number of morpholine rings is 1. The van der Waals surface area contributed by atoms with Gasteiger partial charge in [0.05, 0.1) is 23.6 Å². The van der Waals surface area contributed by atoms with Crippen LogP contribution in [0, 0.1) is 5.82 Å². The zero-order valence-electron chi connectivity index (χ0n) is 13.3. The Hall–Kier alpha value is -2.29. The molecule has 0 spiro atoms. The minimum atomic E-state index is -4.02. The fourth-order valence-corrected chi connectivity index (χ4v) is 3.26. The maximum absolute atomic E-state index is 14.1. The molecule has 8 heteroatoms. The summed E-state index contributed by atoms with van der Waals surface area (Å²) in [6.45, 7) is 0.852. The minimum absolute atomic E-state index is 0.252. The summed E-state index contributed by atoms with van der Waals surface area (Å²) in [4.78, 5) is 13.8. The Labute approximate surface area is 145 Å². The van der Waals surface area contributed by atoms with Gasteiger partial charge in [-0.1, -0.05) is 30.3 Å². The van der Waals surface area contributed by atoms with Gasteiger partial charge in [-0.15, -0.1) is 0 Å². The van der Waals surface area contributed by atoms with Crippen molar-refractivity contribution in [3.63, 3.8) is 0 Å². The number of carbonyl (C=O) groups is 1. The van der Waals surface area contributed by atoms with Crippen molar-refractivity contribution in [3.05, 3.63) is 65.5 Å². The van der Waals surface area contributed by atoms with Crippen molar-refractivity contribution in [2.24, 2.45) is 5.14 Å². The maximum atomic E-state index is 14.1. The van der Waals surface area contributed by atoms with Crippen molar-refractivity contribution in [1.29, 1.82) is 0 Å². The molecule has 1 heterocycles. The molecule has 1 atom stereocenters. The highest BCUT2D eigenvalue weighted by atomic mass is 32.2. The van der Waals surface area contributed by atoms with Crippen LogP contribution in [0.25, 0.3) is 0 Å². The molecule has 2 aromatic rings. The molecule has 6 nitrogen and oxygen atoms in total. The second-order valence-electron chi connectivity index (χ2n) is 5.71. The summed E-state index contributed by atoms with van der Waals surface area (Å²) in [5.74, 6) is -1.38. The van der Waals surface area contributed by atoms with Crippen LogP contribution in [-0.4, -0.2) is 38.9 Å². The number of benzene rings is 2. The third-order valence-corrected chi connectivity index (χ3v) is 4.93. The van der Waals surface area contributed by atoms with E-state index in [9.17, 15) is 17.6 Å². The smallest absolute Gasteiger partial charge is 0.257 e. The van der Waals surface area contributed by atoms with E-state index in [1.54, 1.807) is 0 Å². The molecule has 132 valence electrons. The summed E-state index contributed by atoms with van der Waals surface area (Å²) in [6, 6.07) is 12.3. The van der Waals surface area contributed by atoms with Gasteiger partial charge in [-0.05, 0) is 23.8 Å². The molecule has 2 N–H and O–H groups in total. The van der Waals surface area contributed by atoms with E-state index < -0.39 is 21.7 Å². The van der Waals surface area contributed by atoms with Crippen molar-refractivity contribution in [2.75, 3.05) is 19.7 Å². The number of halogens is 1. The Bertz CT molecular complexity index is 887. The van der Waals surface area contributed by atoms with E-state index in [1.807, 2.05) is 30.3 Å². The zero-order chi connectivity index (χ0) is 18.0. The Morgan fingerprint density at radius 3 is 2.60 bits per heavy atom. The first-order chi connectivity index (χ1) is 11.9. The molecule has 0 aliphatic carbocycles. The molecule has 0 bridgehead atoms. The van der Waals surface area contributed by atoms with Gasteiger partial charge in [-0.25, -0.2) is 17.9 Å². The van der Waals surface area contributed by atoms with Crippen molar-refractivity contribution < 1.29 is 22.3 Å². The third kappa shape index (κ3) is 3.87. The number of nitrogens with two attached hydrogens (primary N) is 1. The first kappa shape index (κ1) is 17.5. The number of rotatable bonds is 3. The predicted molar refractivity (Wildman–Crippen MR) is 88.8 cm³/mol. The first-order valence-corrected chi connectivity index (χ1v) is 9.19. The molecular formula is C17H17FN2O4S.